The molecule has 2 aliphatic heterocycles. The number of nitrogens with zero attached hydrogens (tertiary/aromatic N) is 5. The predicted molar refractivity (Wildman–Crippen MR) is 126 cm³/mol. The molecule has 0 N–H and O–H groups in total. The van der Waals surface area contributed by atoms with Gasteiger partial charge in [-0.15, -0.1) is 10.2 Å². The number of amides is 2. The topological polar surface area (TPSA) is 71.3 Å². The first kappa shape index (κ1) is 22.8. The number of aryl methyl sites for hydroxylation is 1. The van der Waals surface area contributed by atoms with Crippen molar-refractivity contribution < 1.29 is 9.59 Å². The van der Waals surface area contributed by atoms with Gasteiger partial charge in [0, 0.05) is 44.2 Å². The van der Waals surface area contributed by atoms with Gasteiger partial charge in [0.2, 0.25) is 11.8 Å². The maximum absolute atomic E-state index is 12.8. The van der Waals surface area contributed by atoms with Crippen molar-refractivity contribution in [3.8, 4) is 11.4 Å². The molecule has 0 bridgehead atoms. The third-order valence-electron chi connectivity index (χ3n) is 6.61. The lowest BCUT2D eigenvalue weighted by atomic mass is 9.94. The van der Waals surface area contributed by atoms with Crippen LogP contribution in [0.2, 0.25) is 0 Å². The van der Waals surface area contributed by atoms with Crippen LogP contribution in [-0.4, -0.2) is 68.3 Å². The Morgan fingerprint density at radius 1 is 1.00 bits per heavy atom. The highest BCUT2D eigenvalue weighted by atomic mass is 32.2. The van der Waals surface area contributed by atoms with E-state index in [4.69, 9.17) is 0 Å². The average Bonchev–Trinajstić information content (AvgIpc) is 3.25. The van der Waals surface area contributed by atoms with E-state index in [-0.39, 0.29) is 11.8 Å². The zero-order valence-corrected chi connectivity index (χ0v) is 19.9. The van der Waals surface area contributed by atoms with Crippen LogP contribution in [0.5, 0.6) is 0 Å². The molecule has 3 heterocycles. The first-order valence-corrected chi connectivity index (χ1v) is 12.8. The molecule has 2 aliphatic rings. The van der Waals surface area contributed by atoms with Crippen LogP contribution in [0.15, 0.2) is 29.4 Å². The second-order valence-electron chi connectivity index (χ2n) is 8.70. The molecule has 1 aromatic heterocycles. The fourth-order valence-corrected chi connectivity index (χ4v) is 5.57. The highest BCUT2D eigenvalue weighted by Crippen LogP contribution is 2.27. The van der Waals surface area contributed by atoms with Crippen LogP contribution >= 0.6 is 11.8 Å². The molecule has 2 saturated heterocycles. The number of rotatable bonds is 6. The summed E-state index contributed by atoms with van der Waals surface area (Å²) in [4.78, 5) is 29.5. The Labute approximate surface area is 194 Å². The summed E-state index contributed by atoms with van der Waals surface area (Å²) in [5, 5.41) is 9.54. The molecule has 32 heavy (non-hydrogen) atoms. The van der Waals surface area contributed by atoms with E-state index in [9.17, 15) is 9.59 Å². The van der Waals surface area contributed by atoms with Crippen molar-refractivity contribution in [3.63, 3.8) is 0 Å². The number of aromatic nitrogens is 3. The molecule has 0 saturated carbocycles. The third kappa shape index (κ3) is 5.00. The van der Waals surface area contributed by atoms with Gasteiger partial charge in [0.15, 0.2) is 11.0 Å². The molecule has 1 aromatic carbocycles. The highest BCUT2D eigenvalue weighted by molar-refractivity contribution is 7.99. The Morgan fingerprint density at radius 2 is 1.72 bits per heavy atom. The monoisotopic (exact) mass is 455 g/mol. The van der Waals surface area contributed by atoms with Crippen LogP contribution in [0.3, 0.4) is 0 Å². The summed E-state index contributed by atoms with van der Waals surface area (Å²) in [6.45, 7) is 8.02. The molecule has 0 spiro atoms. The van der Waals surface area contributed by atoms with Crippen molar-refractivity contribution in [2.45, 2.75) is 57.7 Å². The molecular weight excluding hydrogens is 422 g/mol. The SMILES string of the molecule is CCn1c(SCC(=O)N2CCC(C(=O)N3CCCCC3)CC2)nnc1-c1ccccc1C. The van der Waals surface area contributed by atoms with E-state index in [1.165, 1.54) is 18.2 Å². The highest BCUT2D eigenvalue weighted by Gasteiger charge is 2.30. The smallest absolute Gasteiger partial charge is 0.233 e. The number of carbonyl (C=O) groups excluding carboxylic acids is 2. The van der Waals surface area contributed by atoms with Gasteiger partial charge >= 0.3 is 0 Å². The Bertz CT molecular complexity index is 946. The zero-order chi connectivity index (χ0) is 22.5. The summed E-state index contributed by atoms with van der Waals surface area (Å²) >= 11 is 1.45. The molecule has 2 amide bonds. The zero-order valence-electron chi connectivity index (χ0n) is 19.1. The largest absolute Gasteiger partial charge is 0.342 e. The Hall–Kier alpha value is -2.35. The van der Waals surface area contributed by atoms with Gasteiger partial charge in [-0.25, -0.2) is 0 Å². The molecule has 7 nitrogen and oxygen atoms in total. The number of hydrogen-bond donors (Lipinski definition) is 0. The van der Waals surface area contributed by atoms with Gasteiger partial charge in [-0.2, -0.15) is 0 Å². The molecule has 0 atom stereocenters. The van der Waals surface area contributed by atoms with Gasteiger partial charge in [-0.1, -0.05) is 36.0 Å². The minimum absolute atomic E-state index is 0.0738. The Balaban J connectivity index is 1.31. The normalized spacial score (nSPS) is 17.6. The van der Waals surface area contributed by atoms with Crippen LogP contribution in [-0.2, 0) is 16.1 Å². The predicted octanol–water partition coefficient (Wildman–Crippen LogP) is 3.62. The van der Waals surface area contributed by atoms with Crippen LogP contribution in [0.1, 0.15) is 44.6 Å². The molecule has 4 rings (SSSR count). The number of likely N-dealkylation sites (tertiary alicyclic amines) is 2. The first-order chi connectivity index (χ1) is 15.6. The van der Waals surface area contributed by atoms with E-state index in [0.717, 1.165) is 67.4 Å². The fourth-order valence-electron chi connectivity index (χ4n) is 4.67. The molecule has 0 aliphatic carbocycles. The van der Waals surface area contributed by atoms with E-state index in [0.29, 0.717) is 24.7 Å². The van der Waals surface area contributed by atoms with Crippen LogP contribution in [0, 0.1) is 12.8 Å². The molecule has 0 unspecified atom stereocenters. The van der Waals surface area contributed by atoms with Gasteiger partial charge in [0.05, 0.1) is 5.75 Å². The minimum atomic E-state index is 0.0738. The lowest BCUT2D eigenvalue weighted by Crippen LogP contribution is -2.46. The van der Waals surface area contributed by atoms with E-state index in [1.807, 2.05) is 21.9 Å². The number of piperidine rings is 2. The van der Waals surface area contributed by atoms with Gasteiger partial charge in [0.25, 0.3) is 0 Å². The van der Waals surface area contributed by atoms with Crippen molar-refractivity contribution in [2.24, 2.45) is 5.92 Å². The second kappa shape index (κ2) is 10.5. The fraction of sp³-hybridized carbons (Fsp3) is 0.583. The summed E-state index contributed by atoms with van der Waals surface area (Å²) in [6, 6.07) is 8.15. The Morgan fingerprint density at radius 3 is 2.41 bits per heavy atom. The maximum atomic E-state index is 12.8. The van der Waals surface area contributed by atoms with Gasteiger partial charge in [-0.3, -0.25) is 9.59 Å². The van der Waals surface area contributed by atoms with Crippen molar-refractivity contribution in [1.82, 2.24) is 24.6 Å². The van der Waals surface area contributed by atoms with Gasteiger partial charge in [-0.05, 0) is 51.5 Å². The van der Waals surface area contributed by atoms with Crippen LogP contribution in [0.25, 0.3) is 11.4 Å². The average molecular weight is 456 g/mol. The summed E-state index contributed by atoms with van der Waals surface area (Å²) in [7, 11) is 0. The third-order valence-corrected chi connectivity index (χ3v) is 7.56. The number of thioether (sulfide) groups is 1. The van der Waals surface area contributed by atoms with Crippen molar-refractivity contribution >= 4 is 23.6 Å². The van der Waals surface area contributed by atoms with Crippen molar-refractivity contribution in [2.75, 3.05) is 31.9 Å². The summed E-state index contributed by atoms with van der Waals surface area (Å²) in [6.07, 6.45) is 5.01. The molecular formula is C24H33N5O2S. The molecule has 8 heteroatoms. The van der Waals surface area contributed by atoms with E-state index in [2.05, 4.69) is 40.7 Å². The number of hydrogen-bond acceptors (Lipinski definition) is 5. The van der Waals surface area contributed by atoms with Crippen molar-refractivity contribution in [3.05, 3.63) is 29.8 Å². The number of carbonyl (C=O) groups is 2. The minimum Gasteiger partial charge on any atom is -0.342 e. The van der Waals surface area contributed by atoms with Crippen LogP contribution in [0.4, 0.5) is 0 Å². The van der Waals surface area contributed by atoms with Gasteiger partial charge < -0.3 is 14.4 Å². The van der Waals surface area contributed by atoms with E-state index < -0.39 is 0 Å². The second-order valence-corrected chi connectivity index (χ2v) is 9.64. The van der Waals surface area contributed by atoms with E-state index in [1.54, 1.807) is 0 Å². The lowest BCUT2D eigenvalue weighted by molar-refractivity contribution is -0.140. The molecule has 2 fully saturated rings. The first-order valence-electron chi connectivity index (χ1n) is 11.8. The van der Waals surface area contributed by atoms with Crippen LogP contribution < -0.4 is 0 Å². The molecule has 0 radical (unpaired) electrons. The number of benzene rings is 1. The molecule has 172 valence electrons. The Kier molecular flexibility index (Phi) is 7.50. The quantitative estimate of drug-likeness (QED) is 0.622. The lowest BCUT2D eigenvalue weighted by Gasteiger charge is -2.35. The maximum Gasteiger partial charge on any atom is 0.233 e. The summed E-state index contributed by atoms with van der Waals surface area (Å²) in [5.41, 5.74) is 2.23. The summed E-state index contributed by atoms with van der Waals surface area (Å²) in [5.74, 6) is 1.67. The van der Waals surface area contributed by atoms with E-state index >= 15 is 0 Å². The van der Waals surface area contributed by atoms with Crippen molar-refractivity contribution in [1.29, 1.82) is 0 Å². The van der Waals surface area contributed by atoms with Gasteiger partial charge in [0.1, 0.15) is 0 Å². The summed E-state index contributed by atoms with van der Waals surface area (Å²) < 4.78 is 2.07. The molecule has 2 aromatic rings. The standard InChI is InChI=1S/C24H33N5O2S/c1-3-29-22(20-10-6-5-9-18(20)2)25-26-24(29)32-17-21(30)27-15-11-19(12-16-27)23(31)28-13-7-4-8-14-28/h5-6,9-10,19H,3-4,7-8,11-17H2,1-2H3.